The number of carbonyl (C=O) groups is 1. The summed E-state index contributed by atoms with van der Waals surface area (Å²) in [5, 5.41) is 5.20. The van der Waals surface area contributed by atoms with Crippen LogP contribution >= 0.6 is 0 Å². The normalized spacial score (nSPS) is 9.94. The van der Waals surface area contributed by atoms with Gasteiger partial charge in [-0.1, -0.05) is 6.07 Å². The van der Waals surface area contributed by atoms with Crippen molar-refractivity contribution in [3.05, 3.63) is 42.2 Å². The minimum absolute atomic E-state index is 0.383. The zero-order valence-electron chi connectivity index (χ0n) is 9.36. The lowest BCUT2D eigenvalue weighted by molar-refractivity contribution is 0.261. The summed E-state index contributed by atoms with van der Waals surface area (Å²) in [5.41, 5.74) is 7.86. The molecule has 5 nitrogen and oxygen atoms in total. The van der Waals surface area contributed by atoms with Gasteiger partial charge in [-0.2, -0.15) is 0 Å². The summed E-state index contributed by atoms with van der Waals surface area (Å²) in [6, 6.07) is 8.38. The number of hydrogen-bond donors (Lipinski definition) is 3. The van der Waals surface area contributed by atoms with Crippen molar-refractivity contribution in [2.24, 2.45) is 0 Å². The van der Waals surface area contributed by atoms with E-state index in [1.807, 2.05) is 13.0 Å². The van der Waals surface area contributed by atoms with Gasteiger partial charge in [0, 0.05) is 6.07 Å². The van der Waals surface area contributed by atoms with Gasteiger partial charge in [-0.25, -0.2) is 4.79 Å². The fraction of sp³-hybridized carbons (Fsp3) is 0.0833. The molecule has 0 radical (unpaired) electrons. The van der Waals surface area contributed by atoms with Gasteiger partial charge >= 0.3 is 6.03 Å². The first-order valence-corrected chi connectivity index (χ1v) is 5.13. The number of anilines is 3. The van der Waals surface area contributed by atoms with Gasteiger partial charge in [-0.15, -0.1) is 0 Å². The number of rotatable bonds is 2. The fourth-order valence-corrected chi connectivity index (χ4v) is 1.39. The van der Waals surface area contributed by atoms with Gasteiger partial charge in [0.15, 0.2) is 0 Å². The SMILES string of the molecule is Cc1ccc(N)c(NC(=O)Nc2ccco2)c1. The van der Waals surface area contributed by atoms with Crippen molar-refractivity contribution in [1.82, 2.24) is 0 Å². The molecule has 0 saturated heterocycles. The van der Waals surface area contributed by atoms with Crippen LogP contribution in [0.3, 0.4) is 0 Å². The summed E-state index contributed by atoms with van der Waals surface area (Å²) in [7, 11) is 0. The van der Waals surface area contributed by atoms with E-state index in [-0.39, 0.29) is 0 Å². The van der Waals surface area contributed by atoms with Crippen LogP contribution in [0.1, 0.15) is 5.56 Å². The quantitative estimate of drug-likeness (QED) is 0.695. The molecule has 2 aromatic rings. The zero-order chi connectivity index (χ0) is 12.3. The van der Waals surface area contributed by atoms with E-state index in [9.17, 15) is 4.79 Å². The molecule has 2 rings (SSSR count). The lowest BCUT2D eigenvalue weighted by Crippen LogP contribution is -2.19. The molecule has 17 heavy (non-hydrogen) atoms. The monoisotopic (exact) mass is 231 g/mol. The first-order valence-electron chi connectivity index (χ1n) is 5.13. The van der Waals surface area contributed by atoms with E-state index in [2.05, 4.69) is 10.6 Å². The van der Waals surface area contributed by atoms with E-state index in [0.29, 0.717) is 17.3 Å². The minimum atomic E-state index is -0.391. The molecule has 0 aliphatic heterocycles. The van der Waals surface area contributed by atoms with E-state index in [4.69, 9.17) is 10.2 Å². The van der Waals surface area contributed by atoms with Crippen molar-refractivity contribution in [3.8, 4) is 0 Å². The van der Waals surface area contributed by atoms with Crippen molar-refractivity contribution in [1.29, 1.82) is 0 Å². The third-order valence-electron chi connectivity index (χ3n) is 2.21. The molecule has 0 bridgehead atoms. The number of amides is 2. The predicted octanol–water partition coefficient (Wildman–Crippen LogP) is 2.81. The summed E-state index contributed by atoms with van der Waals surface area (Å²) in [6.45, 7) is 1.93. The summed E-state index contributed by atoms with van der Waals surface area (Å²) in [5.74, 6) is 0.383. The van der Waals surface area contributed by atoms with Gasteiger partial charge in [0.1, 0.15) is 0 Å². The number of furan rings is 1. The maximum atomic E-state index is 11.6. The van der Waals surface area contributed by atoms with Crippen LogP contribution in [0.5, 0.6) is 0 Å². The zero-order valence-corrected chi connectivity index (χ0v) is 9.36. The van der Waals surface area contributed by atoms with Crippen LogP contribution < -0.4 is 16.4 Å². The van der Waals surface area contributed by atoms with Crippen LogP contribution in [-0.2, 0) is 0 Å². The van der Waals surface area contributed by atoms with Gasteiger partial charge in [-0.05, 0) is 30.7 Å². The lowest BCUT2D eigenvalue weighted by atomic mass is 10.2. The Hall–Kier alpha value is -2.43. The highest BCUT2D eigenvalue weighted by Gasteiger charge is 2.06. The molecule has 1 aromatic carbocycles. The summed E-state index contributed by atoms with van der Waals surface area (Å²) < 4.78 is 4.99. The van der Waals surface area contributed by atoms with E-state index < -0.39 is 6.03 Å². The van der Waals surface area contributed by atoms with Crippen molar-refractivity contribution >= 4 is 23.3 Å². The average Bonchev–Trinajstić information content (AvgIpc) is 2.76. The smallest absolute Gasteiger partial charge is 0.326 e. The van der Waals surface area contributed by atoms with Crippen LogP contribution in [0.2, 0.25) is 0 Å². The third-order valence-corrected chi connectivity index (χ3v) is 2.21. The summed E-state index contributed by atoms with van der Waals surface area (Å²) >= 11 is 0. The van der Waals surface area contributed by atoms with Crippen LogP contribution in [0.4, 0.5) is 22.1 Å². The third kappa shape index (κ3) is 2.78. The summed E-state index contributed by atoms with van der Waals surface area (Å²) in [6.07, 6.45) is 1.48. The minimum Gasteiger partial charge on any atom is -0.449 e. The Labute approximate surface area is 98.6 Å². The van der Waals surface area contributed by atoms with Crippen LogP contribution in [0.15, 0.2) is 41.0 Å². The molecule has 0 aliphatic carbocycles. The average molecular weight is 231 g/mol. The molecule has 0 aliphatic rings. The Balaban J connectivity index is 2.05. The molecule has 1 aromatic heterocycles. The van der Waals surface area contributed by atoms with Gasteiger partial charge in [0.05, 0.1) is 17.6 Å². The lowest BCUT2D eigenvalue weighted by Gasteiger charge is -2.08. The predicted molar refractivity (Wildman–Crippen MR) is 66.9 cm³/mol. The maximum absolute atomic E-state index is 11.6. The molecule has 5 heteroatoms. The van der Waals surface area contributed by atoms with E-state index in [1.165, 1.54) is 6.26 Å². The van der Waals surface area contributed by atoms with Gasteiger partial charge in [0.25, 0.3) is 0 Å². The molecule has 88 valence electrons. The summed E-state index contributed by atoms with van der Waals surface area (Å²) in [4.78, 5) is 11.6. The molecular weight excluding hydrogens is 218 g/mol. The number of nitrogens with two attached hydrogens (primary N) is 1. The molecule has 2 amide bonds. The van der Waals surface area contributed by atoms with Crippen molar-refractivity contribution in [3.63, 3.8) is 0 Å². The van der Waals surface area contributed by atoms with E-state index in [1.54, 1.807) is 24.3 Å². The number of nitrogen functional groups attached to an aromatic ring is 1. The highest BCUT2D eigenvalue weighted by Crippen LogP contribution is 2.19. The number of benzene rings is 1. The Kier molecular flexibility index (Phi) is 3.00. The van der Waals surface area contributed by atoms with E-state index in [0.717, 1.165) is 5.56 Å². The standard InChI is InChI=1S/C12H13N3O2/c1-8-4-5-9(13)10(7-8)14-12(16)15-11-3-2-6-17-11/h2-7H,13H2,1H3,(H2,14,15,16). The van der Waals surface area contributed by atoms with Gasteiger partial charge < -0.3 is 15.5 Å². The number of nitrogens with one attached hydrogen (secondary N) is 2. The van der Waals surface area contributed by atoms with Crippen LogP contribution in [0, 0.1) is 6.92 Å². The Morgan fingerprint density at radius 1 is 1.29 bits per heavy atom. The molecule has 4 N–H and O–H groups in total. The Bertz CT molecular complexity index is 521. The van der Waals surface area contributed by atoms with Crippen LogP contribution in [0.25, 0.3) is 0 Å². The van der Waals surface area contributed by atoms with Crippen molar-refractivity contribution < 1.29 is 9.21 Å². The highest BCUT2D eigenvalue weighted by atomic mass is 16.3. The van der Waals surface area contributed by atoms with Crippen molar-refractivity contribution in [2.45, 2.75) is 6.92 Å². The number of carbonyl (C=O) groups excluding carboxylic acids is 1. The van der Waals surface area contributed by atoms with E-state index >= 15 is 0 Å². The molecule has 0 atom stereocenters. The maximum Gasteiger partial charge on any atom is 0.326 e. The molecule has 0 spiro atoms. The molecule has 0 saturated carbocycles. The first kappa shape index (κ1) is 11.1. The molecule has 0 unspecified atom stereocenters. The topological polar surface area (TPSA) is 80.3 Å². The molecular formula is C12H13N3O2. The second kappa shape index (κ2) is 4.61. The van der Waals surface area contributed by atoms with Gasteiger partial charge in [-0.3, -0.25) is 5.32 Å². The molecule has 1 heterocycles. The van der Waals surface area contributed by atoms with Gasteiger partial charge in [0.2, 0.25) is 5.88 Å². The second-order valence-electron chi connectivity index (χ2n) is 3.65. The Morgan fingerprint density at radius 3 is 2.82 bits per heavy atom. The number of hydrogen-bond acceptors (Lipinski definition) is 3. The highest BCUT2D eigenvalue weighted by molar-refractivity contribution is 6.00. The van der Waals surface area contributed by atoms with Crippen molar-refractivity contribution in [2.75, 3.05) is 16.4 Å². The van der Waals surface area contributed by atoms with Crippen LogP contribution in [-0.4, -0.2) is 6.03 Å². The molecule has 0 fully saturated rings. The largest absolute Gasteiger partial charge is 0.449 e. The second-order valence-corrected chi connectivity index (χ2v) is 3.65. The Morgan fingerprint density at radius 2 is 2.12 bits per heavy atom. The fourth-order valence-electron chi connectivity index (χ4n) is 1.39. The number of aryl methyl sites for hydroxylation is 1. The first-order chi connectivity index (χ1) is 8.15. The number of urea groups is 1.